The summed E-state index contributed by atoms with van der Waals surface area (Å²) < 4.78 is 6.77. The second-order valence-electron chi connectivity index (χ2n) is 7.80. The minimum atomic E-state index is -0.560. The number of phenols is 1. The summed E-state index contributed by atoms with van der Waals surface area (Å²) in [5.74, 6) is -0.887. The quantitative estimate of drug-likeness (QED) is 0.446. The van der Waals surface area contributed by atoms with Gasteiger partial charge in [0.05, 0.1) is 40.3 Å². The van der Waals surface area contributed by atoms with Crippen LogP contribution >= 0.6 is 0 Å². The average Bonchev–Trinajstić information content (AvgIpc) is 2.67. The number of hydrogen-bond donors (Lipinski definition) is 2. The summed E-state index contributed by atoms with van der Waals surface area (Å²) in [6, 6.07) is 4.47. The van der Waals surface area contributed by atoms with Crippen LogP contribution in [0.5, 0.6) is 5.75 Å². The largest absolute Gasteiger partial charge is 0.507 e. The number of carbonyl (C=O) groups excluding carboxylic acids is 2. The molecule has 0 aromatic heterocycles. The zero-order valence-corrected chi connectivity index (χ0v) is 18.2. The molecule has 1 aromatic carbocycles. The molecule has 0 spiro atoms. The van der Waals surface area contributed by atoms with Gasteiger partial charge in [0.25, 0.3) is 5.91 Å². The first-order chi connectivity index (χ1) is 13.1. The number of phenolic OH excluding ortho intramolecular Hbond substituents is 1. The number of quaternary nitrogens is 2. The summed E-state index contributed by atoms with van der Waals surface area (Å²) >= 11 is 0. The third-order valence-electron chi connectivity index (χ3n) is 5.94. The topological polar surface area (TPSA) is 75.6 Å². The van der Waals surface area contributed by atoms with E-state index in [4.69, 9.17) is 4.74 Å². The van der Waals surface area contributed by atoms with Crippen LogP contribution in [-0.2, 0) is 9.53 Å². The van der Waals surface area contributed by atoms with E-state index in [1.54, 1.807) is 6.07 Å². The molecule has 0 radical (unpaired) electrons. The first-order valence-electron chi connectivity index (χ1n) is 10.1. The van der Waals surface area contributed by atoms with Gasteiger partial charge in [0.15, 0.2) is 6.54 Å². The molecule has 0 atom stereocenters. The van der Waals surface area contributed by atoms with Crippen molar-refractivity contribution in [3.63, 3.8) is 0 Å². The molecule has 1 aromatic rings. The van der Waals surface area contributed by atoms with E-state index < -0.39 is 5.97 Å². The predicted octanol–water partition coefficient (Wildman–Crippen LogP) is 2.46. The zero-order valence-electron chi connectivity index (χ0n) is 18.2. The van der Waals surface area contributed by atoms with Gasteiger partial charge in [-0.05, 0) is 39.8 Å². The molecule has 0 fully saturated rings. The fraction of sp³-hybridized carbons (Fsp3) is 0.619. The molecule has 0 aliphatic rings. The van der Waals surface area contributed by atoms with E-state index in [0.29, 0.717) is 23.3 Å². The second-order valence-corrected chi connectivity index (χ2v) is 7.80. The summed E-state index contributed by atoms with van der Waals surface area (Å²) in [6.45, 7) is 13.3. The van der Waals surface area contributed by atoms with Gasteiger partial charge in [-0.1, -0.05) is 0 Å². The van der Waals surface area contributed by atoms with Crippen LogP contribution in [0, 0.1) is 0 Å². The number of likely N-dealkylation sites (N-methyl/N-ethyl adjacent to an activating group) is 2. The summed E-state index contributed by atoms with van der Waals surface area (Å²) in [6.07, 6.45) is 0. The number of anilines is 1. The van der Waals surface area contributed by atoms with Crippen LogP contribution < -0.4 is 5.32 Å². The van der Waals surface area contributed by atoms with Gasteiger partial charge in [0, 0.05) is 11.8 Å². The molecule has 0 heterocycles. The lowest BCUT2D eigenvalue weighted by molar-refractivity contribution is -0.906. The van der Waals surface area contributed by atoms with Crippen molar-refractivity contribution >= 4 is 17.6 Å². The Kier molecular flexibility index (Phi) is 8.91. The number of esters is 1. The van der Waals surface area contributed by atoms with E-state index in [2.05, 4.69) is 26.2 Å². The Morgan fingerprint density at radius 1 is 1.00 bits per heavy atom. The van der Waals surface area contributed by atoms with Crippen LogP contribution in [0.15, 0.2) is 18.2 Å². The number of benzene rings is 1. The van der Waals surface area contributed by atoms with E-state index in [1.807, 2.05) is 20.9 Å². The van der Waals surface area contributed by atoms with Gasteiger partial charge in [-0.15, -0.1) is 0 Å². The lowest BCUT2D eigenvalue weighted by atomic mass is 10.2. The summed E-state index contributed by atoms with van der Waals surface area (Å²) in [5.41, 5.74) is 0.557. The Balaban J connectivity index is 2.68. The number of carbonyl (C=O) groups is 2. The van der Waals surface area contributed by atoms with Gasteiger partial charge in [-0.25, -0.2) is 4.79 Å². The number of ether oxygens (including phenoxy) is 1. The van der Waals surface area contributed by atoms with Crippen molar-refractivity contribution in [2.45, 2.75) is 27.7 Å². The molecule has 7 heteroatoms. The van der Waals surface area contributed by atoms with Crippen molar-refractivity contribution in [2.75, 3.05) is 65.3 Å². The van der Waals surface area contributed by atoms with E-state index in [-0.39, 0.29) is 17.2 Å². The standard InChI is InChI=1S/C21H35N3O4/c1-7-23(5,8-2)13-14-28-21(27)18-12-11-17(15-19(18)25)22-20(26)16-24(6,9-3)10-4/h11-12,15H,7-10,13-14,16H2,1-6H3/p+2. The van der Waals surface area contributed by atoms with Crippen molar-refractivity contribution < 1.29 is 28.4 Å². The fourth-order valence-corrected chi connectivity index (χ4v) is 2.75. The van der Waals surface area contributed by atoms with Crippen LogP contribution in [0.3, 0.4) is 0 Å². The van der Waals surface area contributed by atoms with Crippen molar-refractivity contribution in [3.05, 3.63) is 23.8 Å². The maximum atomic E-state index is 12.3. The molecule has 0 unspecified atom stereocenters. The smallest absolute Gasteiger partial charge is 0.342 e. The van der Waals surface area contributed by atoms with E-state index in [1.165, 1.54) is 12.1 Å². The number of nitrogens with zero attached hydrogens (tertiary/aromatic N) is 2. The molecule has 0 saturated carbocycles. The van der Waals surface area contributed by atoms with Crippen LogP contribution in [0.2, 0.25) is 0 Å². The molecule has 158 valence electrons. The minimum absolute atomic E-state index is 0.0999. The maximum Gasteiger partial charge on any atom is 0.342 e. The molecule has 28 heavy (non-hydrogen) atoms. The Bertz CT molecular complexity index is 668. The highest BCUT2D eigenvalue weighted by molar-refractivity contribution is 5.95. The third kappa shape index (κ3) is 6.80. The van der Waals surface area contributed by atoms with E-state index in [9.17, 15) is 14.7 Å². The van der Waals surface area contributed by atoms with Crippen molar-refractivity contribution in [2.24, 2.45) is 0 Å². The first kappa shape index (κ1) is 23.9. The molecule has 1 rings (SSSR count). The predicted molar refractivity (Wildman–Crippen MR) is 111 cm³/mol. The highest BCUT2D eigenvalue weighted by atomic mass is 16.5. The molecule has 0 bridgehead atoms. The monoisotopic (exact) mass is 395 g/mol. The summed E-state index contributed by atoms with van der Waals surface area (Å²) in [4.78, 5) is 24.5. The van der Waals surface area contributed by atoms with Gasteiger partial charge in [-0.2, -0.15) is 0 Å². The molecular weight excluding hydrogens is 358 g/mol. The Morgan fingerprint density at radius 2 is 1.57 bits per heavy atom. The number of hydrogen-bond acceptors (Lipinski definition) is 4. The SMILES string of the molecule is CC[N+](C)(CC)CCOC(=O)c1ccc(NC(=O)C[N+](C)(CC)CC)cc1O. The fourth-order valence-electron chi connectivity index (χ4n) is 2.75. The molecule has 0 saturated heterocycles. The lowest BCUT2D eigenvalue weighted by Gasteiger charge is -2.31. The summed E-state index contributed by atoms with van der Waals surface area (Å²) in [5, 5.41) is 13.0. The molecular formula is C21H37N3O4+2. The Hall–Kier alpha value is -2.12. The summed E-state index contributed by atoms with van der Waals surface area (Å²) in [7, 11) is 4.14. The van der Waals surface area contributed by atoms with Gasteiger partial charge < -0.3 is 24.1 Å². The third-order valence-corrected chi connectivity index (χ3v) is 5.94. The van der Waals surface area contributed by atoms with Crippen LogP contribution in [-0.4, -0.2) is 85.9 Å². The van der Waals surface area contributed by atoms with Gasteiger partial charge in [0.2, 0.25) is 0 Å². The maximum absolute atomic E-state index is 12.3. The number of amides is 1. The highest BCUT2D eigenvalue weighted by Gasteiger charge is 2.22. The molecule has 0 aliphatic heterocycles. The highest BCUT2D eigenvalue weighted by Crippen LogP contribution is 2.23. The van der Waals surface area contributed by atoms with Crippen LogP contribution in [0.1, 0.15) is 38.1 Å². The van der Waals surface area contributed by atoms with Crippen LogP contribution in [0.25, 0.3) is 0 Å². The molecule has 2 N–H and O–H groups in total. The lowest BCUT2D eigenvalue weighted by Crippen LogP contribution is -2.48. The second kappa shape index (κ2) is 10.4. The number of aromatic hydroxyl groups is 1. The Morgan fingerprint density at radius 3 is 2.07 bits per heavy atom. The van der Waals surface area contributed by atoms with Crippen molar-refractivity contribution in [1.82, 2.24) is 0 Å². The number of rotatable bonds is 11. The van der Waals surface area contributed by atoms with Crippen LogP contribution in [0.4, 0.5) is 5.69 Å². The normalized spacial score (nSPS) is 11.9. The average molecular weight is 396 g/mol. The van der Waals surface area contributed by atoms with E-state index in [0.717, 1.165) is 37.2 Å². The molecule has 1 amide bonds. The van der Waals surface area contributed by atoms with Gasteiger partial charge >= 0.3 is 5.97 Å². The van der Waals surface area contributed by atoms with Gasteiger partial charge in [0.1, 0.15) is 24.5 Å². The van der Waals surface area contributed by atoms with Crippen molar-refractivity contribution in [3.8, 4) is 5.75 Å². The van der Waals surface area contributed by atoms with E-state index >= 15 is 0 Å². The van der Waals surface area contributed by atoms with Gasteiger partial charge in [-0.3, -0.25) is 4.79 Å². The molecule has 0 aliphatic carbocycles. The number of nitrogens with one attached hydrogen (secondary N) is 1. The minimum Gasteiger partial charge on any atom is -0.507 e. The first-order valence-corrected chi connectivity index (χ1v) is 10.1. The van der Waals surface area contributed by atoms with Crippen molar-refractivity contribution in [1.29, 1.82) is 0 Å². The zero-order chi connectivity index (χ0) is 21.4. The Labute approximate surface area is 169 Å². The molecule has 7 nitrogen and oxygen atoms in total.